The van der Waals surface area contributed by atoms with Gasteiger partial charge < -0.3 is 9.31 Å². The zero-order valence-corrected chi connectivity index (χ0v) is 16.7. The van der Waals surface area contributed by atoms with Gasteiger partial charge in [0.25, 0.3) is 0 Å². The summed E-state index contributed by atoms with van der Waals surface area (Å²) < 4.78 is 26.0. The highest BCUT2D eigenvalue weighted by Crippen LogP contribution is 2.39. The molecule has 0 radical (unpaired) electrons. The summed E-state index contributed by atoms with van der Waals surface area (Å²) in [5.41, 5.74) is 0.972. The highest BCUT2D eigenvalue weighted by atomic mass is 35.5. The molecule has 2 aromatic rings. The van der Waals surface area contributed by atoms with Crippen molar-refractivity contribution >= 4 is 36.4 Å². The minimum absolute atomic E-state index is 0.456. The van der Waals surface area contributed by atoms with E-state index in [1.807, 2.05) is 64.1 Å². The van der Waals surface area contributed by atoms with Crippen LogP contribution in [-0.2, 0) is 9.31 Å². The molecule has 0 N–H and O–H groups in total. The largest absolute Gasteiger partial charge is 0.525 e. The molecule has 136 valence electrons. The third kappa shape index (κ3) is 3.99. The Morgan fingerprint density at radius 2 is 1.38 bits per heavy atom. The molecular formula is C20H20BCl2FO2. The smallest absolute Gasteiger partial charge is 0.398 e. The van der Waals surface area contributed by atoms with Crippen molar-refractivity contribution < 1.29 is 13.7 Å². The highest BCUT2D eigenvalue weighted by Gasteiger charge is 2.53. The average Bonchev–Trinajstić information content (AvgIpc) is 2.75. The second-order valence-corrected chi connectivity index (χ2v) is 8.27. The van der Waals surface area contributed by atoms with Crippen molar-refractivity contribution in [2.75, 3.05) is 0 Å². The van der Waals surface area contributed by atoms with Gasteiger partial charge in [0.15, 0.2) is 0 Å². The van der Waals surface area contributed by atoms with Crippen LogP contribution >= 0.6 is 23.2 Å². The molecule has 2 aromatic carbocycles. The van der Waals surface area contributed by atoms with Crippen molar-refractivity contribution in [1.82, 2.24) is 0 Å². The molecule has 1 heterocycles. The maximum Gasteiger partial charge on any atom is 0.525 e. The summed E-state index contributed by atoms with van der Waals surface area (Å²) in [7, 11) is -0.994. The first kappa shape index (κ1) is 19.4. The molecule has 0 atom stereocenters. The monoisotopic (exact) mass is 392 g/mol. The van der Waals surface area contributed by atoms with Crippen LogP contribution in [0.25, 0.3) is 17.2 Å². The van der Waals surface area contributed by atoms with Gasteiger partial charge in [-0.1, -0.05) is 47.5 Å². The fraction of sp³-hybridized carbons (Fsp3) is 0.300. The van der Waals surface area contributed by atoms with Gasteiger partial charge in [-0.3, -0.25) is 0 Å². The van der Waals surface area contributed by atoms with E-state index in [0.717, 1.165) is 11.1 Å². The summed E-state index contributed by atoms with van der Waals surface area (Å²) in [4.78, 5) is 0. The van der Waals surface area contributed by atoms with Gasteiger partial charge in [-0.15, -0.1) is 0 Å². The lowest BCUT2D eigenvalue weighted by Crippen LogP contribution is -2.41. The molecule has 26 heavy (non-hydrogen) atoms. The number of hydrogen-bond donors (Lipinski definition) is 0. The van der Waals surface area contributed by atoms with Gasteiger partial charge in [-0.2, -0.15) is 0 Å². The molecule has 1 aliphatic heterocycles. The number of hydrogen-bond acceptors (Lipinski definition) is 2. The van der Waals surface area contributed by atoms with Crippen molar-refractivity contribution in [2.24, 2.45) is 0 Å². The maximum atomic E-state index is 14.6. The standard InChI is InChI=1S/C20H20BCl2FO2/c1-19(2)20(3,4)26-21(25-19)18(24)9-13-5-7-14(8-6-13)15-10-16(22)12-17(23)11-15/h5-12H,1-4H3. The SMILES string of the molecule is CC1(C)OB(C(F)=Cc2ccc(-c3cc(Cl)cc(Cl)c3)cc2)OC1(C)C. The summed E-state index contributed by atoms with van der Waals surface area (Å²) in [5, 5.41) is 1.14. The predicted octanol–water partition coefficient (Wildman–Crippen LogP) is 6.60. The molecule has 0 spiro atoms. The lowest BCUT2D eigenvalue weighted by Gasteiger charge is -2.32. The molecule has 0 aromatic heterocycles. The first-order valence-corrected chi connectivity index (χ1v) is 9.12. The summed E-state index contributed by atoms with van der Waals surface area (Å²) in [6.45, 7) is 7.58. The lowest BCUT2D eigenvalue weighted by molar-refractivity contribution is 0.00578. The van der Waals surface area contributed by atoms with Crippen LogP contribution < -0.4 is 0 Å². The molecule has 1 saturated heterocycles. The van der Waals surface area contributed by atoms with Crippen LogP contribution in [0.1, 0.15) is 33.3 Å². The fourth-order valence-electron chi connectivity index (χ4n) is 2.68. The first-order chi connectivity index (χ1) is 12.1. The molecule has 0 aliphatic carbocycles. The van der Waals surface area contributed by atoms with Gasteiger partial charge >= 0.3 is 7.12 Å². The summed E-state index contributed by atoms with van der Waals surface area (Å²) in [6, 6.07) is 12.8. The minimum Gasteiger partial charge on any atom is -0.398 e. The Morgan fingerprint density at radius 1 is 0.885 bits per heavy atom. The third-order valence-electron chi connectivity index (χ3n) is 4.89. The number of halogens is 3. The Kier molecular flexibility index (Phi) is 5.24. The summed E-state index contributed by atoms with van der Waals surface area (Å²) in [5.74, 6) is 0. The van der Waals surface area contributed by atoms with Crippen LogP contribution in [0.5, 0.6) is 0 Å². The molecule has 1 fully saturated rings. The van der Waals surface area contributed by atoms with Crippen molar-refractivity contribution in [2.45, 2.75) is 38.9 Å². The molecular weight excluding hydrogens is 373 g/mol. The predicted molar refractivity (Wildman–Crippen MR) is 107 cm³/mol. The van der Waals surface area contributed by atoms with Crippen LogP contribution in [0.4, 0.5) is 4.39 Å². The van der Waals surface area contributed by atoms with Crippen molar-refractivity contribution in [3.8, 4) is 11.1 Å². The Hall–Kier alpha value is -1.33. The van der Waals surface area contributed by atoms with E-state index in [1.54, 1.807) is 6.07 Å². The Morgan fingerprint density at radius 3 is 1.88 bits per heavy atom. The van der Waals surface area contributed by atoms with Gasteiger partial charge in [0.2, 0.25) is 0 Å². The molecule has 3 rings (SSSR count). The third-order valence-corrected chi connectivity index (χ3v) is 5.33. The summed E-state index contributed by atoms with van der Waals surface area (Å²) >= 11 is 12.1. The van der Waals surface area contributed by atoms with Crippen molar-refractivity contribution in [3.63, 3.8) is 0 Å². The maximum absolute atomic E-state index is 14.6. The normalized spacial score (nSPS) is 19.0. The zero-order valence-electron chi connectivity index (χ0n) is 15.1. The molecule has 2 nitrogen and oxygen atoms in total. The average molecular weight is 393 g/mol. The van der Waals surface area contributed by atoms with Crippen LogP contribution in [0, 0.1) is 0 Å². The van der Waals surface area contributed by atoms with Gasteiger partial charge in [0, 0.05) is 10.0 Å². The first-order valence-electron chi connectivity index (χ1n) is 8.37. The molecule has 1 aliphatic rings. The van der Waals surface area contributed by atoms with E-state index in [0.29, 0.717) is 15.6 Å². The van der Waals surface area contributed by atoms with E-state index in [9.17, 15) is 4.39 Å². The molecule has 6 heteroatoms. The number of rotatable bonds is 3. The zero-order chi connectivity index (χ0) is 19.1. The van der Waals surface area contributed by atoms with E-state index in [4.69, 9.17) is 32.5 Å². The van der Waals surface area contributed by atoms with E-state index >= 15 is 0 Å². The highest BCUT2D eigenvalue weighted by molar-refractivity contribution is 6.54. The second-order valence-electron chi connectivity index (χ2n) is 7.40. The Labute approximate surface area is 164 Å². The van der Waals surface area contributed by atoms with Crippen LogP contribution in [0.3, 0.4) is 0 Å². The Balaban J connectivity index is 1.80. The number of benzene rings is 2. The van der Waals surface area contributed by atoms with E-state index in [2.05, 4.69) is 0 Å². The fourth-order valence-corrected chi connectivity index (χ4v) is 3.20. The van der Waals surface area contributed by atoms with Gasteiger partial charge in [0.1, 0.15) is 5.73 Å². The minimum atomic E-state index is -0.994. The van der Waals surface area contributed by atoms with Gasteiger partial charge in [-0.05, 0) is 68.7 Å². The summed E-state index contributed by atoms with van der Waals surface area (Å²) in [6.07, 6.45) is 1.43. The quantitative estimate of drug-likeness (QED) is 0.547. The van der Waals surface area contributed by atoms with Crippen LogP contribution in [-0.4, -0.2) is 18.3 Å². The second kappa shape index (κ2) is 7.01. The molecule has 0 bridgehead atoms. The van der Waals surface area contributed by atoms with Gasteiger partial charge in [0.05, 0.1) is 11.2 Å². The van der Waals surface area contributed by atoms with Crippen molar-refractivity contribution in [3.05, 3.63) is 63.8 Å². The molecule has 0 unspecified atom stereocenters. The van der Waals surface area contributed by atoms with E-state index in [-0.39, 0.29) is 0 Å². The van der Waals surface area contributed by atoms with Gasteiger partial charge in [-0.25, -0.2) is 4.39 Å². The van der Waals surface area contributed by atoms with E-state index in [1.165, 1.54) is 6.08 Å². The topological polar surface area (TPSA) is 18.5 Å². The van der Waals surface area contributed by atoms with E-state index < -0.39 is 24.0 Å². The van der Waals surface area contributed by atoms with Crippen molar-refractivity contribution in [1.29, 1.82) is 0 Å². The Bertz CT molecular complexity index is 811. The van der Waals surface area contributed by atoms with Crippen LogP contribution in [0.2, 0.25) is 10.0 Å². The molecule has 0 saturated carbocycles. The molecule has 0 amide bonds. The lowest BCUT2D eigenvalue weighted by atomic mass is 9.86. The van der Waals surface area contributed by atoms with Crippen LogP contribution in [0.15, 0.2) is 48.2 Å².